The Bertz CT molecular complexity index is 1420. The lowest BCUT2D eigenvalue weighted by atomic mass is 9.94. The molecule has 0 atom stereocenters. The topological polar surface area (TPSA) is 71.5 Å². The fraction of sp³-hybridized carbons (Fsp3) is 0.167. The predicted octanol–water partition coefficient (Wildman–Crippen LogP) is 5.45. The Morgan fingerprint density at radius 1 is 1.00 bits per heavy atom. The van der Waals surface area contributed by atoms with Crippen LogP contribution >= 0.6 is 0 Å². The second-order valence-corrected chi connectivity index (χ2v) is 8.82. The fourth-order valence-electron chi connectivity index (χ4n) is 4.73. The van der Waals surface area contributed by atoms with E-state index in [0.29, 0.717) is 23.5 Å². The molecule has 0 saturated heterocycles. The molecule has 2 amide bonds. The number of anilines is 2. The third-order valence-electron chi connectivity index (χ3n) is 6.44. The zero-order valence-electron chi connectivity index (χ0n) is 20.3. The van der Waals surface area contributed by atoms with Gasteiger partial charge < -0.3 is 15.0 Å². The first-order valence-electron chi connectivity index (χ1n) is 11.9. The number of benzene rings is 3. The lowest BCUT2D eigenvalue weighted by Gasteiger charge is -2.18. The molecule has 0 saturated carbocycles. The highest BCUT2D eigenvalue weighted by Crippen LogP contribution is 2.34. The number of aryl methyl sites for hydroxylation is 1. The van der Waals surface area contributed by atoms with E-state index in [4.69, 9.17) is 4.74 Å². The number of aromatic nitrogens is 1. The first kappa shape index (κ1) is 23.3. The van der Waals surface area contributed by atoms with Gasteiger partial charge in [-0.1, -0.05) is 36.4 Å². The molecule has 0 fully saturated rings. The van der Waals surface area contributed by atoms with Crippen molar-refractivity contribution in [3.05, 3.63) is 107 Å². The van der Waals surface area contributed by atoms with Gasteiger partial charge in [0.15, 0.2) is 0 Å². The number of fused-ring (bicyclic) bond motifs is 1. The van der Waals surface area contributed by atoms with Crippen LogP contribution < -0.4 is 15.0 Å². The molecule has 4 aromatic rings. The minimum absolute atomic E-state index is 0.0172. The smallest absolute Gasteiger partial charge is 0.256 e. The Kier molecular flexibility index (Phi) is 6.50. The summed E-state index contributed by atoms with van der Waals surface area (Å²) < 4.78 is 5.44. The molecule has 180 valence electrons. The van der Waals surface area contributed by atoms with Crippen molar-refractivity contribution in [2.45, 2.75) is 19.8 Å². The molecule has 6 heteroatoms. The van der Waals surface area contributed by atoms with Crippen LogP contribution in [0.5, 0.6) is 5.75 Å². The summed E-state index contributed by atoms with van der Waals surface area (Å²) in [7, 11) is 1.60. The third kappa shape index (κ3) is 4.70. The highest BCUT2D eigenvalue weighted by atomic mass is 16.5. The maximum absolute atomic E-state index is 13.5. The molecule has 5 rings (SSSR count). The Balaban J connectivity index is 1.39. The molecule has 0 spiro atoms. The van der Waals surface area contributed by atoms with Crippen LogP contribution in [0.15, 0.2) is 85.1 Å². The largest absolute Gasteiger partial charge is 0.497 e. The lowest BCUT2D eigenvalue weighted by Crippen LogP contribution is -2.30. The van der Waals surface area contributed by atoms with E-state index in [1.807, 2.05) is 79.7 Å². The molecule has 1 aromatic heterocycles. The summed E-state index contributed by atoms with van der Waals surface area (Å²) in [5, 5.41) is 3.05. The zero-order chi connectivity index (χ0) is 25.1. The van der Waals surface area contributed by atoms with Crippen LogP contribution in [0.3, 0.4) is 0 Å². The summed E-state index contributed by atoms with van der Waals surface area (Å²) in [4.78, 5) is 32.4. The van der Waals surface area contributed by atoms with Crippen LogP contribution in [-0.4, -0.2) is 30.5 Å². The highest BCUT2D eigenvalue weighted by Gasteiger charge is 2.25. The van der Waals surface area contributed by atoms with Gasteiger partial charge in [0.25, 0.3) is 5.91 Å². The van der Waals surface area contributed by atoms with Gasteiger partial charge >= 0.3 is 0 Å². The number of carbonyl (C=O) groups is 2. The number of amides is 2. The molecule has 0 aliphatic carbocycles. The predicted molar refractivity (Wildman–Crippen MR) is 142 cm³/mol. The van der Waals surface area contributed by atoms with E-state index in [1.54, 1.807) is 24.3 Å². The summed E-state index contributed by atoms with van der Waals surface area (Å²) in [5.74, 6) is 0.439. The van der Waals surface area contributed by atoms with E-state index in [2.05, 4.69) is 10.3 Å². The number of rotatable bonds is 6. The van der Waals surface area contributed by atoms with Gasteiger partial charge in [0.05, 0.1) is 19.1 Å². The lowest BCUT2D eigenvalue weighted by molar-refractivity contribution is -0.117. The Hall–Kier alpha value is -4.45. The molecule has 0 bridgehead atoms. The second-order valence-electron chi connectivity index (χ2n) is 8.82. The monoisotopic (exact) mass is 477 g/mol. The summed E-state index contributed by atoms with van der Waals surface area (Å²) in [5.41, 5.74) is 6.72. The van der Waals surface area contributed by atoms with Crippen molar-refractivity contribution in [1.82, 2.24) is 4.98 Å². The van der Waals surface area contributed by atoms with E-state index in [0.717, 1.165) is 40.1 Å². The molecule has 1 N–H and O–H groups in total. The maximum atomic E-state index is 13.5. The van der Waals surface area contributed by atoms with Crippen molar-refractivity contribution < 1.29 is 14.3 Å². The molecule has 2 heterocycles. The van der Waals surface area contributed by atoms with Crippen molar-refractivity contribution in [1.29, 1.82) is 0 Å². The van der Waals surface area contributed by atoms with E-state index in [-0.39, 0.29) is 18.2 Å². The number of methoxy groups -OCH3 is 1. The van der Waals surface area contributed by atoms with Crippen molar-refractivity contribution >= 4 is 23.2 Å². The van der Waals surface area contributed by atoms with Gasteiger partial charge in [0.1, 0.15) is 5.75 Å². The molecular formula is C30H27N3O3. The van der Waals surface area contributed by atoms with Crippen molar-refractivity contribution in [2.24, 2.45) is 0 Å². The van der Waals surface area contributed by atoms with Gasteiger partial charge in [-0.05, 0) is 78.1 Å². The number of hydrogen-bond donors (Lipinski definition) is 1. The van der Waals surface area contributed by atoms with Crippen LogP contribution in [0.25, 0.3) is 11.1 Å². The van der Waals surface area contributed by atoms with Crippen LogP contribution in [0, 0.1) is 6.92 Å². The van der Waals surface area contributed by atoms with Gasteiger partial charge in [-0.15, -0.1) is 0 Å². The standard InChI is InChI=1S/C30H27N3O3/c1-20-16-25(36-2)19-26(29(20)21-8-4-3-5-9-21)30(35)32-24-11-12-27-22(17-24)13-15-33(27)28(34)18-23-10-6-7-14-31-23/h3-12,14,16-17,19H,13,15,18H2,1-2H3,(H,32,35). The van der Waals surface area contributed by atoms with Crippen molar-refractivity contribution in [3.8, 4) is 16.9 Å². The quantitative estimate of drug-likeness (QED) is 0.401. The number of nitrogens with zero attached hydrogens (tertiary/aromatic N) is 2. The van der Waals surface area contributed by atoms with Gasteiger partial charge in [-0.2, -0.15) is 0 Å². The van der Waals surface area contributed by atoms with Crippen LogP contribution in [0.1, 0.15) is 27.2 Å². The van der Waals surface area contributed by atoms with E-state index in [9.17, 15) is 9.59 Å². The molecule has 0 radical (unpaired) electrons. The van der Waals surface area contributed by atoms with Crippen LogP contribution in [-0.2, 0) is 17.6 Å². The van der Waals surface area contributed by atoms with Gasteiger partial charge in [0, 0.05) is 29.8 Å². The third-order valence-corrected chi connectivity index (χ3v) is 6.44. The molecule has 6 nitrogen and oxygen atoms in total. The first-order valence-corrected chi connectivity index (χ1v) is 11.9. The van der Waals surface area contributed by atoms with E-state index >= 15 is 0 Å². The van der Waals surface area contributed by atoms with Gasteiger partial charge in [-0.3, -0.25) is 14.6 Å². The number of nitrogens with one attached hydrogen (secondary N) is 1. The van der Waals surface area contributed by atoms with Crippen LogP contribution in [0.2, 0.25) is 0 Å². The van der Waals surface area contributed by atoms with Crippen molar-refractivity contribution in [3.63, 3.8) is 0 Å². The van der Waals surface area contributed by atoms with Gasteiger partial charge in [0.2, 0.25) is 5.91 Å². The molecule has 1 aliphatic rings. The number of ether oxygens (including phenoxy) is 1. The molecule has 0 unspecified atom stereocenters. The zero-order valence-corrected chi connectivity index (χ0v) is 20.3. The summed E-state index contributed by atoms with van der Waals surface area (Å²) in [6.45, 7) is 2.60. The SMILES string of the molecule is COc1cc(C)c(-c2ccccc2)c(C(=O)Nc2ccc3c(c2)CCN3C(=O)Cc2ccccn2)c1. The molecule has 1 aliphatic heterocycles. The van der Waals surface area contributed by atoms with Crippen molar-refractivity contribution in [2.75, 3.05) is 23.9 Å². The van der Waals surface area contributed by atoms with Gasteiger partial charge in [-0.25, -0.2) is 0 Å². The minimum atomic E-state index is -0.211. The summed E-state index contributed by atoms with van der Waals surface area (Å²) >= 11 is 0. The molecule has 3 aromatic carbocycles. The Labute approximate surface area is 210 Å². The Morgan fingerprint density at radius 2 is 1.81 bits per heavy atom. The Morgan fingerprint density at radius 3 is 2.56 bits per heavy atom. The van der Waals surface area contributed by atoms with Crippen LogP contribution in [0.4, 0.5) is 11.4 Å². The maximum Gasteiger partial charge on any atom is 0.256 e. The fourth-order valence-corrected chi connectivity index (χ4v) is 4.73. The first-order chi connectivity index (χ1) is 17.5. The summed E-state index contributed by atoms with van der Waals surface area (Å²) in [6, 6.07) is 24.9. The number of carbonyl (C=O) groups excluding carboxylic acids is 2. The number of hydrogen-bond acceptors (Lipinski definition) is 4. The normalized spacial score (nSPS) is 12.2. The van der Waals surface area contributed by atoms with E-state index < -0.39 is 0 Å². The summed E-state index contributed by atoms with van der Waals surface area (Å²) in [6.07, 6.45) is 2.69. The number of pyridine rings is 1. The average molecular weight is 478 g/mol. The van der Waals surface area contributed by atoms with E-state index in [1.165, 1.54) is 0 Å². The molecular weight excluding hydrogens is 450 g/mol. The minimum Gasteiger partial charge on any atom is -0.497 e. The second kappa shape index (κ2) is 10.0. The highest BCUT2D eigenvalue weighted by molar-refractivity contribution is 6.10. The average Bonchev–Trinajstić information content (AvgIpc) is 3.32. The molecule has 36 heavy (non-hydrogen) atoms.